The third kappa shape index (κ3) is 4.67. The van der Waals surface area contributed by atoms with E-state index in [1.807, 2.05) is 0 Å². The Labute approximate surface area is 182 Å². The van der Waals surface area contributed by atoms with E-state index in [2.05, 4.69) is 6.07 Å². The van der Waals surface area contributed by atoms with Crippen LogP contribution in [-0.2, 0) is 14.8 Å². The van der Waals surface area contributed by atoms with Crippen molar-refractivity contribution >= 4 is 21.8 Å². The molecule has 0 bridgehead atoms. The molecule has 3 rings (SSSR count). The summed E-state index contributed by atoms with van der Waals surface area (Å²) >= 11 is 0. The molecule has 0 aromatic heterocycles. The molecule has 1 saturated heterocycles. The van der Waals surface area contributed by atoms with E-state index < -0.39 is 34.0 Å². The lowest BCUT2D eigenvalue weighted by Gasteiger charge is -2.38. The molecule has 1 aromatic rings. The summed E-state index contributed by atoms with van der Waals surface area (Å²) in [6, 6.07) is 6.17. The Bertz CT molecular complexity index is 990. The van der Waals surface area contributed by atoms with E-state index in [0.717, 1.165) is 32.1 Å². The highest BCUT2D eigenvalue weighted by molar-refractivity contribution is 7.89. The summed E-state index contributed by atoms with van der Waals surface area (Å²) in [6.07, 6.45) is 5.61. The molecule has 31 heavy (non-hydrogen) atoms. The van der Waals surface area contributed by atoms with Crippen LogP contribution in [0.25, 0.3) is 0 Å². The van der Waals surface area contributed by atoms with E-state index >= 15 is 0 Å². The largest absolute Gasteiger partial charge is 0.483 e. The van der Waals surface area contributed by atoms with Crippen molar-refractivity contribution in [3.05, 3.63) is 23.8 Å². The number of rotatable bonds is 7. The van der Waals surface area contributed by atoms with E-state index in [0.29, 0.717) is 25.9 Å². The van der Waals surface area contributed by atoms with Crippen molar-refractivity contribution in [1.29, 1.82) is 5.26 Å². The van der Waals surface area contributed by atoms with Gasteiger partial charge < -0.3 is 15.4 Å². The SMILES string of the molecule is CN(C(=O)COc1ccc(S(=O)(=O)N2CCCC2)cc1C(N)=O)C1(C#N)CCCCC1. The molecule has 0 radical (unpaired) electrons. The summed E-state index contributed by atoms with van der Waals surface area (Å²) in [5.41, 5.74) is 4.48. The summed E-state index contributed by atoms with van der Waals surface area (Å²) in [6.45, 7) is 0.486. The number of carbonyl (C=O) groups excluding carboxylic acids is 2. The number of amides is 2. The standard InChI is InChI=1S/C21H28N4O5S/c1-24(21(15-22)9-3-2-4-10-21)19(26)14-30-18-8-7-16(13-17(18)20(23)27)31(28,29)25-11-5-6-12-25/h7-8,13H,2-6,9-12,14H2,1H3,(H2,23,27). The molecule has 0 atom stereocenters. The van der Waals surface area contributed by atoms with Crippen LogP contribution in [0.1, 0.15) is 55.3 Å². The van der Waals surface area contributed by atoms with Crippen LogP contribution >= 0.6 is 0 Å². The van der Waals surface area contributed by atoms with Gasteiger partial charge in [0.25, 0.3) is 11.8 Å². The topological polar surface area (TPSA) is 134 Å². The van der Waals surface area contributed by atoms with Gasteiger partial charge in [-0.3, -0.25) is 9.59 Å². The van der Waals surface area contributed by atoms with Crippen molar-refractivity contribution in [2.45, 2.75) is 55.4 Å². The zero-order valence-corrected chi connectivity index (χ0v) is 18.5. The number of hydrogen-bond donors (Lipinski definition) is 1. The average Bonchev–Trinajstić information content (AvgIpc) is 3.33. The first-order chi connectivity index (χ1) is 14.7. The van der Waals surface area contributed by atoms with Gasteiger partial charge >= 0.3 is 0 Å². The summed E-state index contributed by atoms with van der Waals surface area (Å²) in [4.78, 5) is 26.0. The molecule has 1 heterocycles. The predicted octanol–water partition coefficient (Wildman–Crippen LogP) is 1.63. The van der Waals surface area contributed by atoms with Crippen molar-refractivity contribution in [1.82, 2.24) is 9.21 Å². The lowest BCUT2D eigenvalue weighted by molar-refractivity contribution is -0.137. The number of nitrogens with zero attached hydrogens (tertiary/aromatic N) is 3. The molecule has 2 fully saturated rings. The van der Waals surface area contributed by atoms with Crippen molar-refractivity contribution in [3.8, 4) is 11.8 Å². The molecular weight excluding hydrogens is 420 g/mol. The summed E-state index contributed by atoms with van der Waals surface area (Å²) in [7, 11) is -2.14. The van der Waals surface area contributed by atoms with Crippen LogP contribution < -0.4 is 10.5 Å². The third-order valence-corrected chi connectivity index (χ3v) is 8.07. The Morgan fingerprint density at radius 3 is 2.42 bits per heavy atom. The van der Waals surface area contributed by atoms with Crippen LogP contribution in [0, 0.1) is 11.3 Å². The van der Waals surface area contributed by atoms with Crippen molar-refractivity contribution in [2.75, 3.05) is 26.7 Å². The summed E-state index contributed by atoms with van der Waals surface area (Å²) in [5.74, 6) is -1.22. The lowest BCUT2D eigenvalue weighted by atomic mass is 9.81. The lowest BCUT2D eigenvalue weighted by Crippen LogP contribution is -2.51. The van der Waals surface area contributed by atoms with E-state index in [4.69, 9.17) is 10.5 Å². The smallest absolute Gasteiger partial charge is 0.261 e. The van der Waals surface area contributed by atoms with E-state index in [9.17, 15) is 23.3 Å². The number of likely N-dealkylation sites (N-methyl/N-ethyl adjacent to an activating group) is 1. The van der Waals surface area contributed by atoms with Gasteiger partial charge in [-0.1, -0.05) is 19.3 Å². The number of nitrogens with two attached hydrogens (primary N) is 1. The zero-order chi connectivity index (χ0) is 22.6. The fourth-order valence-electron chi connectivity index (χ4n) is 4.20. The van der Waals surface area contributed by atoms with Crippen LogP contribution in [0.5, 0.6) is 5.75 Å². The minimum Gasteiger partial charge on any atom is -0.483 e. The number of carbonyl (C=O) groups is 2. The first-order valence-electron chi connectivity index (χ1n) is 10.5. The highest BCUT2D eigenvalue weighted by Gasteiger charge is 2.39. The number of nitriles is 1. The maximum absolute atomic E-state index is 12.8. The van der Waals surface area contributed by atoms with Crippen molar-refractivity contribution in [2.24, 2.45) is 5.73 Å². The molecule has 0 unspecified atom stereocenters. The van der Waals surface area contributed by atoms with Gasteiger partial charge in [0.15, 0.2) is 6.61 Å². The summed E-state index contributed by atoms with van der Waals surface area (Å²) in [5, 5.41) is 9.65. The van der Waals surface area contributed by atoms with Crippen LogP contribution in [0.3, 0.4) is 0 Å². The van der Waals surface area contributed by atoms with E-state index in [1.165, 1.54) is 27.4 Å². The van der Waals surface area contributed by atoms with Crippen LogP contribution in [0.2, 0.25) is 0 Å². The second-order valence-corrected chi connectivity index (χ2v) is 10.0. The molecule has 1 aliphatic heterocycles. The van der Waals surface area contributed by atoms with Crippen LogP contribution in [0.15, 0.2) is 23.1 Å². The molecule has 0 spiro atoms. The van der Waals surface area contributed by atoms with Crippen LogP contribution in [0.4, 0.5) is 0 Å². The molecule has 9 nitrogen and oxygen atoms in total. The molecule has 10 heteroatoms. The normalized spacial score (nSPS) is 18.8. The summed E-state index contributed by atoms with van der Waals surface area (Å²) < 4.78 is 32.4. The second-order valence-electron chi connectivity index (χ2n) is 8.08. The Balaban J connectivity index is 1.76. The number of hydrogen-bond acceptors (Lipinski definition) is 6. The Hall–Kier alpha value is -2.64. The zero-order valence-electron chi connectivity index (χ0n) is 17.7. The molecular formula is C21H28N4O5S. The number of sulfonamides is 1. The first-order valence-corrected chi connectivity index (χ1v) is 11.9. The van der Waals surface area contributed by atoms with Crippen LogP contribution in [-0.4, -0.2) is 61.7 Å². The maximum atomic E-state index is 12.8. The predicted molar refractivity (Wildman–Crippen MR) is 113 cm³/mol. The molecule has 1 saturated carbocycles. The van der Waals surface area contributed by atoms with Gasteiger partial charge in [0.1, 0.15) is 11.3 Å². The van der Waals surface area contributed by atoms with Crippen molar-refractivity contribution in [3.63, 3.8) is 0 Å². The fourth-order valence-corrected chi connectivity index (χ4v) is 5.74. The maximum Gasteiger partial charge on any atom is 0.261 e. The number of ether oxygens (including phenoxy) is 1. The monoisotopic (exact) mass is 448 g/mol. The average molecular weight is 449 g/mol. The third-order valence-electron chi connectivity index (χ3n) is 6.18. The van der Waals surface area contributed by atoms with Gasteiger partial charge in [0.2, 0.25) is 10.0 Å². The molecule has 1 aromatic carbocycles. The van der Waals surface area contributed by atoms with E-state index in [-0.39, 0.29) is 16.2 Å². The fraction of sp³-hybridized carbons (Fsp3) is 0.571. The van der Waals surface area contributed by atoms with Gasteiger partial charge in [-0.05, 0) is 43.9 Å². The van der Waals surface area contributed by atoms with Gasteiger partial charge in [-0.15, -0.1) is 0 Å². The number of benzene rings is 1. The highest BCUT2D eigenvalue weighted by Crippen LogP contribution is 2.33. The molecule has 2 aliphatic rings. The molecule has 2 amide bonds. The first kappa shape index (κ1) is 23.0. The van der Waals surface area contributed by atoms with Gasteiger partial charge in [0, 0.05) is 20.1 Å². The Morgan fingerprint density at radius 1 is 1.19 bits per heavy atom. The second kappa shape index (κ2) is 9.24. The molecule has 168 valence electrons. The van der Waals surface area contributed by atoms with E-state index in [1.54, 1.807) is 7.05 Å². The van der Waals surface area contributed by atoms with Gasteiger partial charge in [0.05, 0.1) is 16.5 Å². The quantitative estimate of drug-likeness (QED) is 0.674. The van der Waals surface area contributed by atoms with Gasteiger partial charge in [-0.25, -0.2) is 8.42 Å². The minimum absolute atomic E-state index is 0.0317. The minimum atomic E-state index is -3.72. The number of primary amides is 1. The van der Waals surface area contributed by atoms with Crippen molar-refractivity contribution < 1.29 is 22.7 Å². The Kier molecular flexibility index (Phi) is 6.86. The molecule has 2 N–H and O–H groups in total. The molecule has 1 aliphatic carbocycles. The van der Waals surface area contributed by atoms with Gasteiger partial charge in [-0.2, -0.15) is 9.57 Å². The Morgan fingerprint density at radius 2 is 1.84 bits per heavy atom. The highest BCUT2D eigenvalue weighted by atomic mass is 32.2.